The number of hydrogen-bond donors (Lipinski definition) is 2. The lowest BCUT2D eigenvalue weighted by atomic mass is 9.93. The second-order valence-electron chi connectivity index (χ2n) is 3.85. The zero-order valence-corrected chi connectivity index (χ0v) is 9.36. The van der Waals surface area contributed by atoms with Gasteiger partial charge in [0.05, 0.1) is 12.0 Å². The monoisotopic (exact) mass is 212 g/mol. The Kier molecular flexibility index (Phi) is 3.66. The Labute approximate surface area is 88.3 Å². The molecule has 3 nitrogen and oxygen atoms in total. The van der Waals surface area contributed by atoms with Crippen LogP contribution in [0.15, 0.2) is 17.5 Å². The number of carbonyl (C=O) groups is 1. The van der Waals surface area contributed by atoms with Gasteiger partial charge in [-0.25, -0.2) is 0 Å². The third-order valence-corrected chi connectivity index (χ3v) is 3.00. The first-order valence-electron chi connectivity index (χ1n) is 4.57. The average Bonchev–Trinajstić information content (AvgIpc) is 2.66. The summed E-state index contributed by atoms with van der Waals surface area (Å²) in [6.45, 7) is 4.65. The quantitative estimate of drug-likeness (QED) is 0.791. The predicted molar refractivity (Wildman–Crippen MR) is 59.0 cm³/mol. The van der Waals surface area contributed by atoms with E-state index >= 15 is 0 Å². The molecule has 0 saturated heterocycles. The molecule has 0 bridgehead atoms. The van der Waals surface area contributed by atoms with Gasteiger partial charge in [-0.1, -0.05) is 6.07 Å². The van der Waals surface area contributed by atoms with Crippen molar-refractivity contribution in [1.29, 1.82) is 0 Å². The fourth-order valence-corrected chi connectivity index (χ4v) is 1.56. The highest BCUT2D eigenvalue weighted by atomic mass is 32.1. The third-order valence-electron chi connectivity index (χ3n) is 2.13. The highest BCUT2D eigenvalue weighted by Crippen LogP contribution is 2.13. The molecule has 0 fully saturated rings. The van der Waals surface area contributed by atoms with Crippen LogP contribution in [0.4, 0.5) is 0 Å². The van der Waals surface area contributed by atoms with Gasteiger partial charge in [0.1, 0.15) is 0 Å². The lowest BCUT2D eigenvalue weighted by Crippen LogP contribution is -2.41. The fourth-order valence-electron chi connectivity index (χ4n) is 0.913. The first-order valence-corrected chi connectivity index (χ1v) is 5.45. The van der Waals surface area contributed by atoms with E-state index in [9.17, 15) is 4.79 Å². The molecular weight excluding hydrogens is 196 g/mol. The van der Waals surface area contributed by atoms with Gasteiger partial charge in [0.25, 0.3) is 0 Å². The Hall–Kier alpha value is -0.870. The van der Waals surface area contributed by atoms with E-state index < -0.39 is 5.41 Å². The number of amides is 1. The van der Waals surface area contributed by atoms with E-state index in [0.29, 0.717) is 13.1 Å². The molecule has 3 N–H and O–H groups in total. The minimum Gasteiger partial charge on any atom is -0.351 e. The minimum absolute atomic E-state index is 0.00778. The van der Waals surface area contributed by atoms with Crippen molar-refractivity contribution in [2.75, 3.05) is 6.54 Å². The van der Waals surface area contributed by atoms with Gasteiger partial charge >= 0.3 is 0 Å². The second kappa shape index (κ2) is 4.57. The summed E-state index contributed by atoms with van der Waals surface area (Å²) < 4.78 is 0. The van der Waals surface area contributed by atoms with Crippen LogP contribution in [-0.2, 0) is 11.3 Å². The molecule has 0 aliphatic heterocycles. The topological polar surface area (TPSA) is 55.1 Å². The van der Waals surface area contributed by atoms with E-state index in [1.54, 1.807) is 11.3 Å². The summed E-state index contributed by atoms with van der Waals surface area (Å²) in [6.07, 6.45) is 0. The van der Waals surface area contributed by atoms with Crippen LogP contribution in [0.2, 0.25) is 0 Å². The molecule has 0 unspecified atom stereocenters. The zero-order chi connectivity index (χ0) is 10.6. The number of nitrogens with two attached hydrogens (primary N) is 1. The summed E-state index contributed by atoms with van der Waals surface area (Å²) >= 11 is 1.64. The highest BCUT2D eigenvalue weighted by molar-refractivity contribution is 7.09. The molecule has 4 heteroatoms. The summed E-state index contributed by atoms with van der Waals surface area (Å²) in [4.78, 5) is 12.8. The van der Waals surface area contributed by atoms with Gasteiger partial charge in [-0.2, -0.15) is 0 Å². The lowest BCUT2D eigenvalue weighted by Gasteiger charge is -2.20. The molecule has 0 spiro atoms. The van der Waals surface area contributed by atoms with Crippen molar-refractivity contribution in [3.63, 3.8) is 0 Å². The Morgan fingerprint density at radius 1 is 1.64 bits per heavy atom. The van der Waals surface area contributed by atoms with Crippen molar-refractivity contribution in [1.82, 2.24) is 5.32 Å². The van der Waals surface area contributed by atoms with Gasteiger partial charge in [-0.05, 0) is 25.3 Å². The fraction of sp³-hybridized carbons (Fsp3) is 0.500. The number of carbonyl (C=O) groups excluding carboxylic acids is 1. The Balaban J connectivity index is 2.43. The number of hydrogen-bond acceptors (Lipinski definition) is 3. The zero-order valence-electron chi connectivity index (χ0n) is 8.54. The van der Waals surface area contributed by atoms with Crippen LogP contribution in [0.3, 0.4) is 0 Å². The molecule has 0 atom stereocenters. The van der Waals surface area contributed by atoms with Crippen LogP contribution in [0, 0.1) is 5.41 Å². The Bertz CT molecular complexity index is 293. The highest BCUT2D eigenvalue weighted by Gasteiger charge is 2.25. The second-order valence-corrected chi connectivity index (χ2v) is 4.88. The van der Waals surface area contributed by atoms with Gasteiger partial charge in [0.15, 0.2) is 0 Å². The SMILES string of the molecule is CC(C)(CN)C(=O)NCc1cccs1. The standard InChI is InChI=1S/C10H16N2OS/c1-10(2,7-11)9(13)12-6-8-4-3-5-14-8/h3-5H,6-7,11H2,1-2H3,(H,12,13). The van der Waals surface area contributed by atoms with E-state index in [1.165, 1.54) is 0 Å². The summed E-state index contributed by atoms with van der Waals surface area (Å²) in [5.41, 5.74) is 5.02. The summed E-state index contributed by atoms with van der Waals surface area (Å²) in [7, 11) is 0. The van der Waals surface area contributed by atoms with Crippen LogP contribution in [-0.4, -0.2) is 12.5 Å². The molecule has 0 saturated carbocycles. The maximum absolute atomic E-state index is 11.6. The summed E-state index contributed by atoms with van der Waals surface area (Å²) in [5, 5.41) is 4.86. The van der Waals surface area contributed by atoms with Crippen molar-refractivity contribution in [2.24, 2.45) is 11.1 Å². The molecule has 1 aromatic heterocycles. The molecule has 1 heterocycles. The molecule has 0 radical (unpaired) electrons. The molecule has 1 aromatic rings. The molecule has 1 rings (SSSR count). The maximum atomic E-state index is 11.6. The Morgan fingerprint density at radius 2 is 2.36 bits per heavy atom. The van der Waals surface area contributed by atoms with E-state index in [-0.39, 0.29) is 5.91 Å². The number of thiophene rings is 1. The van der Waals surface area contributed by atoms with Gasteiger partial charge in [-0.3, -0.25) is 4.79 Å². The molecule has 14 heavy (non-hydrogen) atoms. The minimum atomic E-state index is -0.475. The van der Waals surface area contributed by atoms with Crippen LogP contribution >= 0.6 is 11.3 Å². The van der Waals surface area contributed by atoms with Crippen LogP contribution in [0.5, 0.6) is 0 Å². The van der Waals surface area contributed by atoms with Crippen molar-refractivity contribution < 1.29 is 4.79 Å². The largest absolute Gasteiger partial charge is 0.351 e. The maximum Gasteiger partial charge on any atom is 0.227 e. The average molecular weight is 212 g/mol. The molecule has 1 amide bonds. The van der Waals surface area contributed by atoms with Gasteiger partial charge in [0.2, 0.25) is 5.91 Å². The lowest BCUT2D eigenvalue weighted by molar-refractivity contribution is -0.129. The van der Waals surface area contributed by atoms with Crippen LogP contribution in [0.1, 0.15) is 18.7 Å². The van der Waals surface area contributed by atoms with Crippen LogP contribution < -0.4 is 11.1 Å². The molecular formula is C10H16N2OS. The number of nitrogens with one attached hydrogen (secondary N) is 1. The molecule has 0 aliphatic rings. The Morgan fingerprint density at radius 3 is 2.86 bits per heavy atom. The summed E-state index contributed by atoms with van der Waals surface area (Å²) in [6, 6.07) is 3.97. The third kappa shape index (κ3) is 2.82. The van der Waals surface area contributed by atoms with E-state index in [1.807, 2.05) is 31.4 Å². The van der Waals surface area contributed by atoms with Gasteiger partial charge in [-0.15, -0.1) is 11.3 Å². The van der Waals surface area contributed by atoms with Crippen molar-refractivity contribution in [3.8, 4) is 0 Å². The molecule has 0 aliphatic carbocycles. The molecule has 0 aromatic carbocycles. The van der Waals surface area contributed by atoms with Gasteiger partial charge in [0, 0.05) is 11.4 Å². The first-order chi connectivity index (χ1) is 6.56. The van der Waals surface area contributed by atoms with Crippen molar-refractivity contribution in [3.05, 3.63) is 22.4 Å². The van der Waals surface area contributed by atoms with E-state index in [0.717, 1.165) is 4.88 Å². The van der Waals surface area contributed by atoms with E-state index in [2.05, 4.69) is 5.32 Å². The smallest absolute Gasteiger partial charge is 0.227 e. The van der Waals surface area contributed by atoms with Gasteiger partial charge < -0.3 is 11.1 Å². The predicted octanol–water partition coefficient (Wildman–Crippen LogP) is 1.35. The van der Waals surface area contributed by atoms with Crippen molar-refractivity contribution in [2.45, 2.75) is 20.4 Å². The normalized spacial score (nSPS) is 11.4. The first kappa shape index (κ1) is 11.2. The van der Waals surface area contributed by atoms with E-state index in [4.69, 9.17) is 5.73 Å². The van der Waals surface area contributed by atoms with Crippen molar-refractivity contribution >= 4 is 17.2 Å². The van der Waals surface area contributed by atoms with Crippen LogP contribution in [0.25, 0.3) is 0 Å². The number of rotatable bonds is 4. The summed E-state index contributed by atoms with van der Waals surface area (Å²) in [5.74, 6) is 0.00778. The molecule has 78 valence electrons.